The number of aliphatic carboxylic acids is 1. The summed E-state index contributed by atoms with van der Waals surface area (Å²) in [6, 6.07) is 27.5. The van der Waals surface area contributed by atoms with Crippen LogP contribution >= 0.6 is 23.1 Å². The van der Waals surface area contributed by atoms with Gasteiger partial charge >= 0.3 is 5.97 Å². The molecule has 1 aliphatic rings. The normalized spacial score (nSPS) is 12.4. The number of carboxylic acids is 1. The summed E-state index contributed by atoms with van der Waals surface area (Å²) in [5.41, 5.74) is 5.63. The third-order valence-electron chi connectivity index (χ3n) is 7.96. The fourth-order valence-corrected chi connectivity index (χ4v) is 7.61. The summed E-state index contributed by atoms with van der Waals surface area (Å²) < 4.78 is 5.97. The van der Waals surface area contributed by atoms with Crippen LogP contribution < -0.4 is 9.64 Å². The zero-order chi connectivity index (χ0) is 31.6. The van der Waals surface area contributed by atoms with Crippen LogP contribution in [0, 0.1) is 11.3 Å². The first-order chi connectivity index (χ1) is 22.0. The van der Waals surface area contributed by atoms with E-state index in [1.165, 1.54) is 88.2 Å². The average molecular weight is 637 g/mol. The van der Waals surface area contributed by atoms with Gasteiger partial charge in [-0.05, 0) is 84.1 Å². The molecule has 0 spiro atoms. The van der Waals surface area contributed by atoms with E-state index < -0.39 is 5.97 Å². The maximum atomic E-state index is 11.3. The first kappa shape index (κ1) is 32.4. The van der Waals surface area contributed by atoms with Gasteiger partial charge in [0.2, 0.25) is 0 Å². The Kier molecular flexibility index (Phi) is 11.4. The van der Waals surface area contributed by atoms with Gasteiger partial charge in [-0.2, -0.15) is 5.26 Å². The molecule has 4 aromatic rings. The van der Waals surface area contributed by atoms with Gasteiger partial charge in [0.1, 0.15) is 17.4 Å². The lowest BCUT2D eigenvalue weighted by molar-refractivity contribution is -0.132. The third-order valence-corrected chi connectivity index (χ3v) is 10.1. The van der Waals surface area contributed by atoms with Crippen molar-refractivity contribution in [3.63, 3.8) is 0 Å². The lowest BCUT2D eigenvalue weighted by Gasteiger charge is -2.33. The number of nitriles is 1. The molecule has 5 rings (SSSR count). The lowest BCUT2D eigenvalue weighted by atomic mass is 10.0. The Morgan fingerprint density at radius 3 is 2.13 bits per heavy atom. The molecule has 232 valence electrons. The van der Waals surface area contributed by atoms with E-state index in [4.69, 9.17) is 10.00 Å². The van der Waals surface area contributed by atoms with Crippen molar-refractivity contribution < 1.29 is 14.6 Å². The van der Waals surface area contributed by atoms with E-state index in [-0.39, 0.29) is 5.57 Å². The number of hydrogen-bond donors (Lipinski definition) is 1. The quantitative estimate of drug-likeness (QED) is 0.0795. The molecule has 1 aromatic heterocycles. The minimum atomic E-state index is -1.21. The van der Waals surface area contributed by atoms with Gasteiger partial charge in [-0.1, -0.05) is 88.4 Å². The Bertz CT molecular complexity index is 1680. The molecular weight excluding hydrogens is 597 g/mol. The number of fused-ring (bicyclic) bond motifs is 2. The Morgan fingerprint density at radius 1 is 0.822 bits per heavy atom. The SMILES string of the molecule is CCCCCCOc1ccc(-c2ccc3c(c2)Sc2cc(-c4ccc(/C=C(\C#N)C(=O)O)s4)ccc2N3CCCCCC)cc1. The molecular formula is C38H40N2O3S2. The predicted octanol–water partition coefficient (Wildman–Crippen LogP) is 11.2. The van der Waals surface area contributed by atoms with E-state index >= 15 is 0 Å². The Labute approximate surface area is 275 Å². The molecule has 3 aromatic carbocycles. The number of anilines is 2. The smallest absolute Gasteiger partial charge is 0.346 e. The molecule has 0 aliphatic carbocycles. The number of thiophene rings is 1. The van der Waals surface area contributed by atoms with Crippen LogP contribution in [-0.4, -0.2) is 24.2 Å². The van der Waals surface area contributed by atoms with E-state index in [2.05, 4.69) is 79.4 Å². The predicted molar refractivity (Wildman–Crippen MR) is 188 cm³/mol. The lowest BCUT2D eigenvalue weighted by Crippen LogP contribution is -2.22. The van der Waals surface area contributed by atoms with E-state index in [0.29, 0.717) is 0 Å². The topological polar surface area (TPSA) is 73.6 Å². The Hall–Kier alpha value is -3.99. The number of benzene rings is 3. The molecule has 2 heterocycles. The fraction of sp³-hybridized carbons (Fsp3) is 0.316. The van der Waals surface area contributed by atoms with Crippen molar-refractivity contribution in [2.75, 3.05) is 18.1 Å². The van der Waals surface area contributed by atoms with Crippen LogP contribution in [0.1, 0.15) is 70.1 Å². The second kappa shape index (κ2) is 15.8. The molecule has 0 saturated heterocycles. The van der Waals surface area contributed by atoms with Crippen molar-refractivity contribution in [2.45, 2.75) is 75.0 Å². The van der Waals surface area contributed by atoms with Crippen LogP contribution in [0.5, 0.6) is 5.75 Å². The number of unbranched alkanes of at least 4 members (excludes halogenated alkanes) is 6. The van der Waals surface area contributed by atoms with E-state index in [9.17, 15) is 9.90 Å². The van der Waals surface area contributed by atoms with E-state index in [1.54, 1.807) is 17.8 Å². The summed E-state index contributed by atoms with van der Waals surface area (Å²) >= 11 is 3.29. The average Bonchev–Trinajstić information content (AvgIpc) is 3.53. The van der Waals surface area contributed by atoms with Crippen LogP contribution in [0.3, 0.4) is 0 Å². The van der Waals surface area contributed by atoms with Gasteiger partial charge in [-0.15, -0.1) is 11.3 Å². The Balaban J connectivity index is 1.40. The monoisotopic (exact) mass is 636 g/mol. The standard InChI is InChI=1S/C38H40N2O3S2/c1-3-5-7-9-21-40-33-18-13-28(27-11-15-31(16-12-27)43-22-10-8-6-4-2)24-36(33)45-37-25-29(14-19-34(37)40)35-20-17-32(44-35)23-30(26-39)38(41)42/h11-20,23-25H,3-10,21-22H2,1-2H3,(H,41,42)/b30-23+. The molecule has 0 amide bonds. The zero-order valence-electron chi connectivity index (χ0n) is 26.1. The van der Waals surface area contributed by atoms with Crippen LogP contribution in [0.15, 0.2) is 88.2 Å². The number of carboxylic acid groups (broad SMARTS) is 1. The minimum absolute atomic E-state index is 0.264. The summed E-state index contributed by atoms with van der Waals surface area (Å²) in [5, 5.41) is 18.4. The van der Waals surface area contributed by atoms with Crippen LogP contribution in [-0.2, 0) is 4.79 Å². The highest BCUT2D eigenvalue weighted by Crippen LogP contribution is 2.50. The summed E-state index contributed by atoms with van der Waals surface area (Å²) in [7, 11) is 0. The largest absolute Gasteiger partial charge is 0.494 e. The van der Waals surface area contributed by atoms with Crippen LogP contribution in [0.2, 0.25) is 0 Å². The number of rotatable bonds is 15. The molecule has 5 nitrogen and oxygen atoms in total. The maximum Gasteiger partial charge on any atom is 0.346 e. The van der Waals surface area contributed by atoms with Gasteiger partial charge in [0.15, 0.2) is 0 Å². The highest BCUT2D eigenvalue weighted by atomic mass is 32.2. The number of nitrogens with zero attached hydrogens (tertiary/aromatic N) is 2. The summed E-state index contributed by atoms with van der Waals surface area (Å²) in [6.45, 7) is 6.19. The first-order valence-corrected chi connectivity index (χ1v) is 17.6. The summed E-state index contributed by atoms with van der Waals surface area (Å²) in [5.74, 6) is -0.293. The van der Waals surface area contributed by atoms with Gasteiger partial charge in [0, 0.05) is 26.1 Å². The van der Waals surface area contributed by atoms with Crippen molar-refractivity contribution in [3.05, 3.63) is 83.2 Å². The highest BCUT2D eigenvalue weighted by molar-refractivity contribution is 7.99. The van der Waals surface area contributed by atoms with Crippen LogP contribution in [0.4, 0.5) is 11.4 Å². The van der Waals surface area contributed by atoms with Crippen molar-refractivity contribution in [3.8, 4) is 33.4 Å². The molecule has 0 fully saturated rings. The summed E-state index contributed by atoms with van der Waals surface area (Å²) in [4.78, 5) is 18.0. The second-order valence-corrected chi connectivity index (χ2v) is 13.5. The minimum Gasteiger partial charge on any atom is -0.494 e. The maximum absolute atomic E-state index is 11.3. The zero-order valence-corrected chi connectivity index (χ0v) is 27.7. The molecule has 0 unspecified atom stereocenters. The first-order valence-electron chi connectivity index (χ1n) is 15.9. The molecule has 1 aliphatic heterocycles. The van der Waals surface area contributed by atoms with Crippen molar-refractivity contribution in [1.82, 2.24) is 0 Å². The second-order valence-electron chi connectivity index (χ2n) is 11.3. The van der Waals surface area contributed by atoms with E-state index in [0.717, 1.165) is 47.1 Å². The van der Waals surface area contributed by atoms with Crippen molar-refractivity contribution >= 4 is 46.5 Å². The fourth-order valence-electron chi connectivity index (χ4n) is 5.49. The molecule has 1 N–H and O–H groups in total. The van der Waals surface area contributed by atoms with E-state index in [1.807, 2.05) is 12.1 Å². The number of hydrogen-bond acceptors (Lipinski definition) is 6. The molecule has 0 bridgehead atoms. The van der Waals surface area contributed by atoms with Crippen molar-refractivity contribution in [2.24, 2.45) is 0 Å². The van der Waals surface area contributed by atoms with Crippen molar-refractivity contribution in [1.29, 1.82) is 5.26 Å². The molecule has 0 radical (unpaired) electrons. The van der Waals surface area contributed by atoms with Gasteiger partial charge in [-0.3, -0.25) is 0 Å². The molecule has 0 atom stereocenters. The van der Waals surface area contributed by atoms with Gasteiger partial charge < -0.3 is 14.7 Å². The molecule has 7 heteroatoms. The van der Waals surface area contributed by atoms with Gasteiger partial charge in [-0.25, -0.2) is 4.79 Å². The highest BCUT2D eigenvalue weighted by Gasteiger charge is 2.24. The molecule has 0 saturated carbocycles. The van der Waals surface area contributed by atoms with Gasteiger partial charge in [0.25, 0.3) is 0 Å². The van der Waals surface area contributed by atoms with Crippen LogP contribution in [0.25, 0.3) is 27.6 Å². The Morgan fingerprint density at radius 2 is 1.47 bits per heavy atom. The number of ether oxygens (including phenoxy) is 1. The molecule has 45 heavy (non-hydrogen) atoms. The number of carbonyl (C=O) groups is 1. The third kappa shape index (κ3) is 8.19. The van der Waals surface area contributed by atoms with Gasteiger partial charge in [0.05, 0.1) is 18.0 Å². The summed E-state index contributed by atoms with van der Waals surface area (Å²) in [6.07, 6.45) is 11.0.